The van der Waals surface area contributed by atoms with Crippen LogP contribution in [0, 0.1) is 6.92 Å². The van der Waals surface area contributed by atoms with Crippen LogP contribution in [0.2, 0.25) is 0 Å². The van der Waals surface area contributed by atoms with Crippen LogP contribution in [0.25, 0.3) is 11.0 Å². The van der Waals surface area contributed by atoms with Gasteiger partial charge in [0.25, 0.3) is 5.91 Å². The van der Waals surface area contributed by atoms with Gasteiger partial charge in [-0.2, -0.15) is 0 Å². The Hall–Kier alpha value is -2.98. The Balaban J connectivity index is 1.77. The van der Waals surface area contributed by atoms with Crippen molar-refractivity contribution in [3.05, 3.63) is 33.3 Å². The molecular weight excluding hydrogens is 442 g/mol. The molecule has 10 heteroatoms. The number of aromatic nitrogens is 3. The molecule has 2 aromatic heterocycles. The van der Waals surface area contributed by atoms with Gasteiger partial charge >= 0.3 is 0 Å². The lowest BCUT2D eigenvalue weighted by Gasteiger charge is -2.24. The molecule has 0 bridgehead atoms. The zero-order valence-corrected chi connectivity index (χ0v) is 20.0. The minimum atomic E-state index is -0.558. The molecule has 9 nitrogen and oxygen atoms in total. The van der Waals surface area contributed by atoms with Crippen molar-refractivity contribution >= 4 is 40.1 Å². The highest BCUT2D eigenvalue weighted by atomic mass is 32.1. The van der Waals surface area contributed by atoms with E-state index in [1.165, 1.54) is 11.3 Å². The van der Waals surface area contributed by atoms with Crippen molar-refractivity contribution in [3.63, 3.8) is 0 Å². The first kappa shape index (κ1) is 23.2. The number of nitrogens with zero attached hydrogens (tertiary/aromatic N) is 3. The third-order valence-corrected chi connectivity index (χ3v) is 6.58. The van der Waals surface area contributed by atoms with Crippen LogP contribution in [0.4, 0.5) is 5.95 Å². The van der Waals surface area contributed by atoms with Crippen LogP contribution >= 0.6 is 11.3 Å². The highest BCUT2D eigenvalue weighted by molar-refractivity contribution is 7.13. The molecule has 33 heavy (non-hydrogen) atoms. The summed E-state index contributed by atoms with van der Waals surface area (Å²) in [6, 6.07) is 3.31. The summed E-state index contributed by atoms with van der Waals surface area (Å²) in [5, 5.41) is 3.81. The quantitative estimate of drug-likeness (QED) is 0.517. The molecule has 176 valence electrons. The summed E-state index contributed by atoms with van der Waals surface area (Å²) in [5.41, 5.74) is 7.95. The van der Waals surface area contributed by atoms with Crippen LogP contribution < -0.4 is 15.8 Å². The van der Waals surface area contributed by atoms with Gasteiger partial charge in [0.05, 0.1) is 29.4 Å². The molecule has 1 aliphatic heterocycles. The topological polar surface area (TPSA) is 121 Å². The number of nitrogens with two attached hydrogens (primary N) is 1. The first-order valence-electron chi connectivity index (χ1n) is 11.3. The predicted octanol–water partition coefficient (Wildman–Crippen LogP) is 3.68. The summed E-state index contributed by atoms with van der Waals surface area (Å²) in [6.45, 7) is 7.80. The molecular formula is C23H29N5O4S. The molecule has 0 unspecified atom stereocenters. The van der Waals surface area contributed by atoms with Gasteiger partial charge in [0.15, 0.2) is 0 Å². The minimum absolute atomic E-state index is 0.0274. The summed E-state index contributed by atoms with van der Waals surface area (Å²) >= 11 is 1.37. The van der Waals surface area contributed by atoms with Gasteiger partial charge in [-0.1, -0.05) is 13.8 Å². The second-order valence-corrected chi connectivity index (χ2v) is 9.24. The van der Waals surface area contributed by atoms with Gasteiger partial charge in [0.1, 0.15) is 22.2 Å². The lowest BCUT2D eigenvalue weighted by atomic mass is 10.1. The summed E-state index contributed by atoms with van der Waals surface area (Å²) in [7, 11) is 0. The van der Waals surface area contributed by atoms with E-state index in [1.807, 2.05) is 18.4 Å². The standard InChI is InChI=1S/C23H29N5O4S/c1-4-8-28-19-17(26-23(28)27-22(30)20-16(5-2)25-13(3)33-20)11-14(21(24)29)12-18(19)32-15-6-9-31-10-7-15/h11-12,15H,4-10H2,1-3H3,(H2,24,29)(H,26,27,30). The number of amides is 2. The minimum Gasteiger partial charge on any atom is -0.488 e. The molecule has 1 saturated heterocycles. The zero-order valence-electron chi connectivity index (χ0n) is 19.1. The van der Waals surface area contributed by atoms with Crippen LogP contribution in [-0.4, -0.2) is 45.7 Å². The van der Waals surface area contributed by atoms with E-state index in [0.717, 1.165) is 35.5 Å². The second kappa shape index (κ2) is 9.88. The number of nitrogens with one attached hydrogen (secondary N) is 1. The normalized spacial score (nSPS) is 14.5. The second-order valence-electron chi connectivity index (χ2n) is 8.04. The molecule has 1 aromatic carbocycles. The first-order valence-corrected chi connectivity index (χ1v) is 12.1. The molecule has 0 aliphatic carbocycles. The molecule has 1 fully saturated rings. The average Bonchev–Trinajstić information content (AvgIpc) is 3.34. The summed E-state index contributed by atoms with van der Waals surface area (Å²) in [5.74, 6) is 0.144. The maximum Gasteiger partial charge on any atom is 0.269 e. The monoisotopic (exact) mass is 471 g/mol. The highest BCUT2D eigenvalue weighted by Crippen LogP contribution is 2.33. The Morgan fingerprint density at radius 2 is 2.03 bits per heavy atom. The van der Waals surface area contributed by atoms with Gasteiger partial charge in [-0.15, -0.1) is 11.3 Å². The lowest BCUT2D eigenvalue weighted by molar-refractivity contribution is 0.0260. The van der Waals surface area contributed by atoms with E-state index in [-0.39, 0.29) is 12.0 Å². The van der Waals surface area contributed by atoms with E-state index < -0.39 is 5.91 Å². The number of rotatable bonds is 8. The Morgan fingerprint density at radius 3 is 2.70 bits per heavy atom. The Kier molecular flexibility index (Phi) is 6.94. The average molecular weight is 472 g/mol. The molecule has 0 atom stereocenters. The van der Waals surface area contributed by atoms with Crippen molar-refractivity contribution in [2.24, 2.45) is 5.73 Å². The smallest absolute Gasteiger partial charge is 0.269 e. The molecule has 3 heterocycles. The summed E-state index contributed by atoms with van der Waals surface area (Å²) in [4.78, 5) is 34.8. The van der Waals surface area contributed by atoms with Crippen molar-refractivity contribution in [1.29, 1.82) is 0 Å². The fraction of sp³-hybridized carbons (Fsp3) is 0.478. The Bertz CT molecular complexity index is 1180. The molecule has 3 N–H and O–H groups in total. The van der Waals surface area contributed by atoms with E-state index in [0.29, 0.717) is 53.8 Å². The number of carbonyl (C=O) groups excluding carboxylic acids is 2. The molecule has 4 rings (SSSR count). The Morgan fingerprint density at radius 1 is 1.27 bits per heavy atom. The number of primary amides is 1. The van der Waals surface area contributed by atoms with E-state index in [9.17, 15) is 9.59 Å². The zero-order chi connectivity index (χ0) is 23.5. The van der Waals surface area contributed by atoms with E-state index in [2.05, 4.69) is 22.2 Å². The number of anilines is 1. The molecule has 0 saturated carbocycles. The molecule has 0 spiro atoms. The van der Waals surface area contributed by atoms with Crippen LogP contribution in [0.5, 0.6) is 5.75 Å². The van der Waals surface area contributed by atoms with Crippen molar-refractivity contribution in [3.8, 4) is 5.75 Å². The fourth-order valence-corrected chi connectivity index (χ4v) is 4.92. The van der Waals surface area contributed by atoms with Gasteiger partial charge in [-0.25, -0.2) is 9.97 Å². The Labute approximate surface area is 196 Å². The number of ether oxygens (including phenoxy) is 2. The lowest BCUT2D eigenvalue weighted by Crippen LogP contribution is -2.26. The highest BCUT2D eigenvalue weighted by Gasteiger charge is 2.24. The first-order chi connectivity index (χ1) is 15.9. The number of carbonyl (C=O) groups is 2. The van der Waals surface area contributed by atoms with Crippen LogP contribution in [0.1, 0.15) is 63.8 Å². The number of benzene rings is 1. The predicted molar refractivity (Wildman–Crippen MR) is 127 cm³/mol. The third-order valence-electron chi connectivity index (χ3n) is 5.57. The molecule has 2 amide bonds. The number of hydrogen-bond donors (Lipinski definition) is 2. The van der Waals surface area contributed by atoms with E-state index in [4.69, 9.17) is 15.2 Å². The number of hydrogen-bond acceptors (Lipinski definition) is 7. The van der Waals surface area contributed by atoms with Crippen molar-refractivity contribution in [1.82, 2.24) is 14.5 Å². The van der Waals surface area contributed by atoms with Gasteiger partial charge < -0.3 is 19.8 Å². The van der Waals surface area contributed by atoms with Crippen LogP contribution in [0.3, 0.4) is 0 Å². The van der Waals surface area contributed by atoms with Gasteiger partial charge in [-0.3, -0.25) is 14.9 Å². The summed E-state index contributed by atoms with van der Waals surface area (Å²) in [6.07, 6.45) is 2.99. The van der Waals surface area contributed by atoms with Gasteiger partial charge in [-0.05, 0) is 31.9 Å². The van der Waals surface area contributed by atoms with Crippen molar-refractivity contribution in [2.75, 3.05) is 18.5 Å². The number of thiazole rings is 1. The van der Waals surface area contributed by atoms with Crippen LogP contribution in [-0.2, 0) is 17.7 Å². The summed E-state index contributed by atoms with van der Waals surface area (Å²) < 4.78 is 13.7. The van der Waals surface area contributed by atoms with Crippen molar-refractivity contribution < 1.29 is 19.1 Å². The fourth-order valence-electron chi connectivity index (χ4n) is 4.02. The van der Waals surface area contributed by atoms with Gasteiger partial charge in [0, 0.05) is 24.9 Å². The maximum absolute atomic E-state index is 13.1. The maximum atomic E-state index is 13.1. The largest absolute Gasteiger partial charge is 0.488 e. The van der Waals surface area contributed by atoms with Crippen LogP contribution in [0.15, 0.2) is 12.1 Å². The van der Waals surface area contributed by atoms with E-state index in [1.54, 1.807) is 12.1 Å². The molecule has 0 radical (unpaired) electrons. The SMILES string of the molecule is CCCn1c(NC(=O)c2sc(C)nc2CC)nc2cc(C(N)=O)cc(OC3CCOCC3)c21. The number of imidazole rings is 1. The number of fused-ring (bicyclic) bond motifs is 1. The molecule has 3 aromatic rings. The third kappa shape index (κ3) is 4.86. The van der Waals surface area contributed by atoms with E-state index >= 15 is 0 Å². The molecule has 1 aliphatic rings. The van der Waals surface area contributed by atoms with Crippen molar-refractivity contribution in [2.45, 2.75) is 59.1 Å². The number of aryl methyl sites for hydroxylation is 3. The van der Waals surface area contributed by atoms with Gasteiger partial charge in [0.2, 0.25) is 11.9 Å².